The molecule has 1 aliphatic carbocycles. The number of carbonyl (C=O) groups excluding carboxylic acids is 2. The van der Waals surface area contributed by atoms with E-state index in [0.29, 0.717) is 17.9 Å². The van der Waals surface area contributed by atoms with Gasteiger partial charge in [0.05, 0.1) is 17.5 Å². The molecule has 3 unspecified atom stereocenters. The van der Waals surface area contributed by atoms with Crippen molar-refractivity contribution in [3.8, 4) is 0 Å². The predicted molar refractivity (Wildman–Crippen MR) is 110 cm³/mol. The number of pyridine rings is 1. The van der Waals surface area contributed by atoms with Crippen molar-refractivity contribution in [2.24, 2.45) is 5.92 Å². The van der Waals surface area contributed by atoms with E-state index >= 15 is 0 Å². The Labute approximate surface area is 172 Å². The second-order valence-corrected chi connectivity index (χ2v) is 8.22. The Bertz CT molecular complexity index is 788. The molecular weight excluding hydrogens is 366 g/mol. The zero-order valence-electron chi connectivity index (χ0n) is 17.5. The molecule has 0 bridgehead atoms. The van der Waals surface area contributed by atoms with Crippen LogP contribution in [0.5, 0.6) is 0 Å². The van der Waals surface area contributed by atoms with Gasteiger partial charge in [-0.1, -0.05) is 20.3 Å². The summed E-state index contributed by atoms with van der Waals surface area (Å²) >= 11 is 0. The molecule has 1 amide bonds. The highest BCUT2D eigenvalue weighted by Gasteiger charge is 2.51. The van der Waals surface area contributed by atoms with Gasteiger partial charge in [0.2, 0.25) is 0 Å². The number of ether oxygens (including phenoxy) is 1. The lowest BCUT2D eigenvalue weighted by atomic mass is 9.77. The van der Waals surface area contributed by atoms with E-state index in [1.807, 2.05) is 17.0 Å². The van der Waals surface area contributed by atoms with Gasteiger partial charge in [-0.05, 0) is 63.0 Å². The van der Waals surface area contributed by atoms with E-state index in [4.69, 9.17) is 4.74 Å². The number of ketones is 1. The zero-order chi connectivity index (χ0) is 20.4. The molecule has 0 aromatic carbocycles. The molecule has 6 nitrogen and oxygen atoms in total. The average molecular weight is 398 g/mol. The standard InChI is InChI=1S/C23H31N3O3/c1-3-25(4-2)14-7-15-26-20(16-10-12-24-13-11-16)19-21(27)17-8-5-6-9-18(17)29-22(19)23(26)28/h10-13,17-18,20H,3-9,14-15H2,1-2H3. The van der Waals surface area contributed by atoms with Crippen LogP contribution >= 0.6 is 0 Å². The molecule has 0 saturated heterocycles. The number of hydrogen-bond donors (Lipinski definition) is 0. The molecule has 6 heteroatoms. The third kappa shape index (κ3) is 3.70. The van der Waals surface area contributed by atoms with E-state index in [1.54, 1.807) is 12.4 Å². The van der Waals surface area contributed by atoms with Crippen molar-refractivity contribution in [3.63, 3.8) is 0 Å². The first-order valence-electron chi connectivity index (χ1n) is 11.0. The minimum atomic E-state index is -0.354. The number of Topliss-reactive ketones (excluding diaryl/α,β-unsaturated/α-hetero) is 1. The highest BCUT2D eigenvalue weighted by molar-refractivity contribution is 6.11. The molecule has 0 spiro atoms. The van der Waals surface area contributed by atoms with Gasteiger partial charge in [-0.25, -0.2) is 0 Å². The smallest absolute Gasteiger partial charge is 0.290 e. The Hall–Kier alpha value is -2.21. The molecule has 3 heterocycles. The van der Waals surface area contributed by atoms with Gasteiger partial charge in [0.1, 0.15) is 6.10 Å². The molecule has 1 aromatic rings. The fourth-order valence-electron chi connectivity index (χ4n) is 5.02. The predicted octanol–water partition coefficient (Wildman–Crippen LogP) is 3.11. The second-order valence-electron chi connectivity index (χ2n) is 8.22. The lowest BCUT2D eigenvalue weighted by Gasteiger charge is -2.35. The van der Waals surface area contributed by atoms with Crippen LogP contribution < -0.4 is 0 Å². The van der Waals surface area contributed by atoms with Gasteiger partial charge in [0.15, 0.2) is 11.5 Å². The molecule has 3 atom stereocenters. The van der Waals surface area contributed by atoms with Crippen molar-refractivity contribution in [2.45, 2.75) is 58.1 Å². The maximum absolute atomic E-state index is 13.5. The molecule has 2 aliphatic heterocycles. The lowest BCUT2D eigenvalue weighted by molar-refractivity contribution is -0.135. The van der Waals surface area contributed by atoms with Crippen LogP contribution in [0.1, 0.15) is 57.6 Å². The summed E-state index contributed by atoms with van der Waals surface area (Å²) in [6.07, 6.45) is 8.03. The molecule has 4 rings (SSSR count). The average Bonchev–Trinajstić information content (AvgIpc) is 3.04. The zero-order valence-corrected chi connectivity index (χ0v) is 17.5. The van der Waals surface area contributed by atoms with Crippen molar-refractivity contribution in [3.05, 3.63) is 41.4 Å². The summed E-state index contributed by atoms with van der Waals surface area (Å²) in [5.74, 6) is 0.203. The maximum atomic E-state index is 13.5. The minimum absolute atomic E-state index is 0.102. The van der Waals surface area contributed by atoms with Gasteiger partial charge in [0.25, 0.3) is 5.91 Å². The van der Waals surface area contributed by atoms with Gasteiger partial charge >= 0.3 is 0 Å². The van der Waals surface area contributed by atoms with Crippen LogP contribution in [0.25, 0.3) is 0 Å². The maximum Gasteiger partial charge on any atom is 0.290 e. The summed E-state index contributed by atoms with van der Waals surface area (Å²) in [5, 5.41) is 0. The van der Waals surface area contributed by atoms with Crippen LogP contribution in [0.4, 0.5) is 0 Å². The number of nitrogens with zero attached hydrogens (tertiary/aromatic N) is 3. The third-order valence-electron chi connectivity index (χ3n) is 6.65. The van der Waals surface area contributed by atoms with Crippen LogP contribution in [-0.4, -0.2) is 58.8 Å². The van der Waals surface area contributed by atoms with E-state index in [1.165, 1.54) is 0 Å². The molecular formula is C23H31N3O3. The minimum Gasteiger partial charge on any atom is -0.483 e. The Kier molecular flexibility index (Phi) is 5.99. The van der Waals surface area contributed by atoms with Crippen LogP contribution in [0.2, 0.25) is 0 Å². The van der Waals surface area contributed by atoms with E-state index in [0.717, 1.165) is 57.3 Å². The van der Waals surface area contributed by atoms with Crippen molar-refractivity contribution in [1.82, 2.24) is 14.8 Å². The van der Waals surface area contributed by atoms with Crippen molar-refractivity contribution in [2.75, 3.05) is 26.2 Å². The lowest BCUT2D eigenvalue weighted by Crippen LogP contribution is -2.39. The van der Waals surface area contributed by atoms with Crippen LogP contribution in [-0.2, 0) is 14.3 Å². The Morgan fingerprint density at radius 2 is 1.86 bits per heavy atom. The number of carbonyl (C=O) groups is 2. The molecule has 29 heavy (non-hydrogen) atoms. The van der Waals surface area contributed by atoms with Gasteiger partial charge in [-0.3, -0.25) is 14.6 Å². The highest BCUT2D eigenvalue weighted by atomic mass is 16.5. The van der Waals surface area contributed by atoms with Crippen molar-refractivity contribution >= 4 is 11.7 Å². The fraction of sp³-hybridized carbons (Fsp3) is 0.609. The summed E-state index contributed by atoms with van der Waals surface area (Å²) in [7, 11) is 0. The Morgan fingerprint density at radius 1 is 1.14 bits per heavy atom. The normalized spacial score (nSPS) is 26.6. The first-order valence-corrected chi connectivity index (χ1v) is 11.0. The fourth-order valence-corrected chi connectivity index (χ4v) is 5.02. The van der Waals surface area contributed by atoms with Gasteiger partial charge in [0, 0.05) is 18.9 Å². The number of fused-ring (bicyclic) bond motifs is 1. The molecule has 0 radical (unpaired) electrons. The van der Waals surface area contributed by atoms with E-state index in [2.05, 4.69) is 23.7 Å². The molecule has 156 valence electrons. The van der Waals surface area contributed by atoms with Crippen LogP contribution in [0, 0.1) is 5.92 Å². The monoisotopic (exact) mass is 397 g/mol. The molecule has 0 N–H and O–H groups in total. The first kappa shape index (κ1) is 20.1. The summed E-state index contributed by atoms with van der Waals surface area (Å²) in [5.41, 5.74) is 1.51. The number of aromatic nitrogens is 1. The van der Waals surface area contributed by atoms with E-state index < -0.39 is 0 Å². The summed E-state index contributed by atoms with van der Waals surface area (Å²) in [6, 6.07) is 3.46. The van der Waals surface area contributed by atoms with E-state index in [9.17, 15) is 9.59 Å². The molecule has 1 saturated carbocycles. The first-order chi connectivity index (χ1) is 14.2. The topological polar surface area (TPSA) is 62.7 Å². The summed E-state index contributed by atoms with van der Waals surface area (Å²) < 4.78 is 6.19. The van der Waals surface area contributed by atoms with E-state index in [-0.39, 0.29) is 29.8 Å². The summed E-state index contributed by atoms with van der Waals surface area (Å²) in [4.78, 5) is 35.1. The number of amides is 1. The molecule has 1 fully saturated rings. The number of hydrogen-bond acceptors (Lipinski definition) is 5. The number of rotatable bonds is 7. The molecule has 1 aromatic heterocycles. The van der Waals surface area contributed by atoms with Gasteiger partial charge < -0.3 is 14.5 Å². The quantitative estimate of drug-likeness (QED) is 0.707. The van der Waals surface area contributed by atoms with Crippen molar-refractivity contribution in [1.29, 1.82) is 0 Å². The van der Waals surface area contributed by atoms with Crippen LogP contribution in [0.15, 0.2) is 35.9 Å². The van der Waals surface area contributed by atoms with Gasteiger partial charge in [-0.2, -0.15) is 0 Å². The Morgan fingerprint density at radius 3 is 2.59 bits per heavy atom. The largest absolute Gasteiger partial charge is 0.483 e. The third-order valence-corrected chi connectivity index (χ3v) is 6.65. The van der Waals surface area contributed by atoms with Crippen LogP contribution in [0.3, 0.4) is 0 Å². The van der Waals surface area contributed by atoms with Gasteiger partial charge in [-0.15, -0.1) is 0 Å². The Balaban J connectivity index is 1.63. The molecule has 3 aliphatic rings. The second kappa shape index (κ2) is 8.66. The van der Waals surface area contributed by atoms with Crippen molar-refractivity contribution < 1.29 is 14.3 Å². The summed E-state index contributed by atoms with van der Waals surface area (Å²) in [6.45, 7) is 7.85. The SMILES string of the molecule is CCN(CC)CCCN1C(=O)C2=C(C(=O)C3CCCCC3O2)C1c1ccncc1. The highest BCUT2D eigenvalue weighted by Crippen LogP contribution is 2.46.